The van der Waals surface area contributed by atoms with Gasteiger partial charge in [-0.05, 0) is 31.9 Å². The Morgan fingerprint density at radius 2 is 1.81 bits per heavy atom. The summed E-state index contributed by atoms with van der Waals surface area (Å²) in [5.41, 5.74) is 10.7. The van der Waals surface area contributed by atoms with Crippen LogP contribution in [0.2, 0.25) is 0 Å². The molecule has 0 bridgehead atoms. The van der Waals surface area contributed by atoms with Gasteiger partial charge in [0.25, 0.3) is 0 Å². The Kier molecular flexibility index (Phi) is 3.08. The van der Waals surface area contributed by atoms with E-state index in [1.165, 1.54) is 22.3 Å². The average Bonchev–Trinajstić information content (AvgIpc) is 2.64. The van der Waals surface area contributed by atoms with Gasteiger partial charge in [0, 0.05) is 23.2 Å². The highest BCUT2D eigenvalue weighted by Crippen LogP contribution is 2.31. The van der Waals surface area contributed by atoms with E-state index in [0.717, 1.165) is 9.88 Å². The minimum Gasteiger partial charge on any atom is -0.326 e. The Morgan fingerprint density at radius 3 is 2.31 bits per heavy atom. The molecule has 16 heavy (non-hydrogen) atoms. The average molecular weight is 232 g/mol. The molecule has 0 saturated carbocycles. The highest BCUT2D eigenvalue weighted by Gasteiger charge is 2.10. The molecule has 2 N–H and O–H groups in total. The number of nitrogens with two attached hydrogens (primary N) is 1. The van der Waals surface area contributed by atoms with Gasteiger partial charge in [-0.3, -0.25) is 0 Å². The Hall–Kier alpha value is -1.19. The lowest BCUT2D eigenvalue weighted by molar-refractivity contribution is 1.10. The van der Waals surface area contributed by atoms with Gasteiger partial charge in [-0.25, -0.2) is 4.98 Å². The SMILES string of the molecule is Cc1cc(C)c(-c2ncc(CN)s2)c(C)c1. The molecule has 84 valence electrons. The van der Waals surface area contributed by atoms with E-state index in [2.05, 4.69) is 37.9 Å². The summed E-state index contributed by atoms with van der Waals surface area (Å²) < 4.78 is 0. The fourth-order valence-electron chi connectivity index (χ4n) is 2.03. The molecule has 3 heteroatoms. The Morgan fingerprint density at radius 1 is 1.19 bits per heavy atom. The van der Waals surface area contributed by atoms with E-state index >= 15 is 0 Å². The number of benzene rings is 1. The topological polar surface area (TPSA) is 38.9 Å². The quantitative estimate of drug-likeness (QED) is 0.863. The van der Waals surface area contributed by atoms with E-state index in [4.69, 9.17) is 5.73 Å². The zero-order valence-corrected chi connectivity index (χ0v) is 10.7. The third-order valence-electron chi connectivity index (χ3n) is 2.65. The molecule has 0 aliphatic carbocycles. The van der Waals surface area contributed by atoms with E-state index < -0.39 is 0 Å². The number of nitrogens with zero attached hydrogens (tertiary/aromatic N) is 1. The van der Waals surface area contributed by atoms with Crippen molar-refractivity contribution in [2.45, 2.75) is 27.3 Å². The number of rotatable bonds is 2. The van der Waals surface area contributed by atoms with E-state index in [9.17, 15) is 0 Å². The van der Waals surface area contributed by atoms with Crippen molar-refractivity contribution in [3.63, 3.8) is 0 Å². The van der Waals surface area contributed by atoms with Crippen LogP contribution in [0.25, 0.3) is 10.6 Å². The number of aryl methyl sites for hydroxylation is 3. The van der Waals surface area contributed by atoms with Crippen molar-refractivity contribution in [3.8, 4) is 10.6 Å². The highest BCUT2D eigenvalue weighted by atomic mass is 32.1. The molecule has 0 saturated heterocycles. The van der Waals surface area contributed by atoms with E-state index in [-0.39, 0.29) is 0 Å². The molecule has 0 radical (unpaired) electrons. The van der Waals surface area contributed by atoms with Gasteiger partial charge < -0.3 is 5.73 Å². The first kappa shape index (κ1) is 11.3. The standard InChI is InChI=1S/C13H16N2S/c1-8-4-9(2)12(10(3)5-8)13-15-7-11(6-14)16-13/h4-5,7H,6,14H2,1-3H3. The van der Waals surface area contributed by atoms with Crippen LogP contribution < -0.4 is 5.73 Å². The second kappa shape index (κ2) is 4.36. The lowest BCUT2D eigenvalue weighted by atomic mass is 10.0. The molecule has 0 unspecified atom stereocenters. The van der Waals surface area contributed by atoms with Crippen LogP contribution in [0.4, 0.5) is 0 Å². The molecular formula is C13H16N2S. The Bertz CT molecular complexity index is 491. The third-order valence-corrected chi connectivity index (χ3v) is 3.68. The summed E-state index contributed by atoms with van der Waals surface area (Å²) in [6, 6.07) is 4.40. The number of aromatic nitrogens is 1. The van der Waals surface area contributed by atoms with Crippen LogP contribution in [-0.2, 0) is 6.54 Å². The van der Waals surface area contributed by atoms with Gasteiger partial charge in [-0.2, -0.15) is 0 Å². The lowest BCUT2D eigenvalue weighted by Gasteiger charge is -2.08. The van der Waals surface area contributed by atoms with Crippen molar-refractivity contribution >= 4 is 11.3 Å². The molecule has 2 nitrogen and oxygen atoms in total. The second-order valence-corrected chi connectivity index (χ2v) is 5.22. The maximum absolute atomic E-state index is 5.61. The van der Waals surface area contributed by atoms with Gasteiger partial charge >= 0.3 is 0 Å². The summed E-state index contributed by atoms with van der Waals surface area (Å²) in [4.78, 5) is 5.58. The van der Waals surface area contributed by atoms with Gasteiger partial charge in [-0.15, -0.1) is 11.3 Å². The summed E-state index contributed by atoms with van der Waals surface area (Å²) in [5.74, 6) is 0. The van der Waals surface area contributed by atoms with Gasteiger partial charge in [-0.1, -0.05) is 17.7 Å². The Labute approximate surface area is 100 Å². The van der Waals surface area contributed by atoms with Crippen molar-refractivity contribution in [1.29, 1.82) is 0 Å². The van der Waals surface area contributed by atoms with Crippen LogP contribution in [0.3, 0.4) is 0 Å². The predicted octanol–water partition coefficient (Wildman–Crippen LogP) is 3.19. The van der Waals surface area contributed by atoms with Crippen LogP contribution in [0, 0.1) is 20.8 Å². The molecule has 1 aromatic carbocycles. The first-order valence-corrected chi connectivity index (χ1v) is 6.16. The normalized spacial score (nSPS) is 10.8. The molecule has 0 amide bonds. The largest absolute Gasteiger partial charge is 0.326 e. The van der Waals surface area contributed by atoms with Crippen LogP contribution in [0.1, 0.15) is 21.6 Å². The molecule has 2 aromatic rings. The monoisotopic (exact) mass is 232 g/mol. The van der Waals surface area contributed by atoms with Crippen LogP contribution in [0.5, 0.6) is 0 Å². The molecule has 0 aliphatic rings. The molecule has 1 heterocycles. The minimum atomic E-state index is 0.571. The Balaban J connectivity index is 2.55. The van der Waals surface area contributed by atoms with Gasteiger partial charge in [0.05, 0.1) is 0 Å². The molecule has 0 spiro atoms. The van der Waals surface area contributed by atoms with Crippen molar-refractivity contribution in [2.24, 2.45) is 5.73 Å². The van der Waals surface area contributed by atoms with E-state index in [1.807, 2.05) is 6.20 Å². The van der Waals surface area contributed by atoms with Crippen LogP contribution in [-0.4, -0.2) is 4.98 Å². The maximum Gasteiger partial charge on any atom is 0.124 e. The molecule has 1 aromatic heterocycles. The molecule has 0 atom stereocenters. The summed E-state index contributed by atoms with van der Waals surface area (Å²) >= 11 is 1.68. The summed E-state index contributed by atoms with van der Waals surface area (Å²) in [6.45, 7) is 6.97. The van der Waals surface area contributed by atoms with Crippen molar-refractivity contribution in [2.75, 3.05) is 0 Å². The smallest absolute Gasteiger partial charge is 0.124 e. The molecule has 0 aliphatic heterocycles. The van der Waals surface area contributed by atoms with Crippen molar-refractivity contribution in [3.05, 3.63) is 39.9 Å². The summed E-state index contributed by atoms with van der Waals surface area (Å²) in [7, 11) is 0. The van der Waals surface area contributed by atoms with Crippen LogP contribution >= 0.6 is 11.3 Å². The van der Waals surface area contributed by atoms with E-state index in [1.54, 1.807) is 11.3 Å². The summed E-state index contributed by atoms with van der Waals surface area (Å²) in [5, 5.41) is 1.08. The zero-order chi connectivity index (χ0) is 11.7. The number of thiazole rings is 1. The van der Waals surface area contributed by atoms with E-state index in [0.29, 0.717) is 6.54 Å². The molecule has 2 rings (SSSR count). The van der Waals surface area contributed by atoms with Crippen molar-refractivity contribution < 1.29 is 0 Å². The number of hydrogen-bond donors (Lipinski definition) is 1. The minimum absolute atomic E-state index is 0.571. The van der Waals surface area contributed by atoms with Gasteiger partial charge in [0.1, 0.15) is 5.01 Å². The fourth-order valence-corrected chi connectivity index (χ4v) is 3.00. The van der Waals surface area contributed by atoms with Crippen molar-refractivity contribution in [1.82, 2.24) is 4.98 Å². The molecule has 0 fully saturated rings. The first-order valence-electron chi connectivity index (χ1n) is 5.35. The maximum atomic E-state index is 5.61. The van der Waals surface area contributed by atoms with Gasteiger partial charge in [0.2, 0.25) is 0 Å². The highest BCUT2D eigenvalue weighted by molar-refractivity contribution is 7.15. The number of hydrogen-bond acceptors (Lipinski definition) is 3. The fraction of sp³-hybridized carbons (Fsp3) is 0.308. The third kappa shape index (κ3) is 2.01. The van der Waals surface area contributed by atoms with Gasteiger partial charge in [0.15, 0.2) is 0 Å². The predicted molar refractivity (Wildman–Crippen MR) is 69.7 cm³/mol. The lowest BCUT2D eigenvalue weighted by Crippen LogP contribution is -1.91. The van der Waals surface area contributed by atoms with Crippen LogP contribution in [0.15, 0.2) is 18.3 Å². The zero-order valence-electron chi connectivity index (χ0n) is 9.87. The summed E-state index contributed by atoms with van der Waals surface area (Å²) in [6.07, 6.45) is 1.87. The second-order valence-electron chi connectivity index (χ2n) is 4.11. The molecular weight excluding hydrogens is 216 g/mol. The first-order chi connectivity index (χ1) is 7.61.